The number of furan rings is 1. The van der Waals surface area contributed by atoms with Gasteiger partial charge >= 0.3 is 0 Å². The molecule has 10 heteroatoms. The van der Waals surface area contributed by atoms with Crippen molar-refractivity contribution in [2.24, 2.45) is 0 Å². The van der Waals surface area contributed by atoms with Crippen LogP contribution in [0.5, 0.6) is 5.75 Å². The second-order valence-corrected chi connectivity index (χ2v) is 9.03. The third-order valence-corrected chi connectivity index (χ3v) is 5.88. The smallest absolute Gasteiger partial charge is 0.250 e. The number of carbonyl (C=O) groups excluding carboxylic acids is 1. The first kappa shape index (κ1) is 23.3. The topological polar surface area (TPSA) is 76.4 Å². The summed E-state index contributed by atoms with van der Waals surface area (Å²) in [5, 5.41) is 7.25. The molecule has 2 heterocycles. The summed E-state index contributed by atoms with van der Waals surface area (Å²) in [5.74, 6) is 1.45. The standard InChI is InChI=1S/C23H17Cl2N3O3S2/c1-2-30-17-3-6-18-20(12-17)33-23(26-18)28-22(32)27-21(29)8-5-16-4-7-19(31-16)13-9-14(24)11-15(25)10-13/h3-12H,2H2,1H3,(H2,26,27,28,29,32)/b8-5+. The number of benzene rings is 2. The van der Waals surface area contributed by atoms with Crippen LogP contribution in [0.4, 0.5) is 5.13 Å². The summed E-state index contributed by atoms with van der Waals surface area (Å²) in [5.41, 5.74) is 1.56. The minimum absolute atomic E-state index is 0.141. The first-order chi connectivity index (χ1) is 15.9. The Morgan fingerprint density at radius 1 is 1.18 bits per heavy atom. The van der Waals surface area contributed by atoms with Crippen molar-refractivity contribution in [3.63, 3.8) is 0 Å². The van der Waals surface area contributed by atoms with Gasteiger partial charge in [-0.15, -0.1) is 0 Å². The van der Waals surface area contributed by atoms with E-state index in [1.54, 1.807) is 36.4 Å². The number of rotatable bonds is 6. The number of fused-ring (bicyclic) bond motifs is 1. The quantitative estimate of drug-likeness (QED) is 0.216. The summed E-state index contributed by atoms with van der Waals surface area (Å²) in [4.78, 5) is 16.7. The molecule has 0 radical (unpaired) electrons. The fourth-order valence-corrected chi connectivity index (χ4v) is 4.63. The maximum Gasteiger partial charge on any atom is 0.250 e. The molecule has 0 fully saturated rings. The van der Waals surface area contributed by atoms with Gasteiger partial charge in [-0.1, -0.05) is 34.5 Å². The Morgan fingerprint density at radius 2 is 1.97 bits per heavy atom. The van der Waals surface area contributed by atoms with Gasteiger partial charge in [-0.3, -0.25) is 10.1 Å². The van der Waals surface area contributed by atoms with E-state index in [2.05, 4.69) is 15.6 Å². The number of halogens is 2. The summed E-state index contributed by atoms with van der Waals surface area (Å²) >= 11 is 18.7. The van der Waals surface area contributed by atoms with Crippen molar-refractivity contribution in [2.45, 2.75) is 6.92 Å². The number of nitrogens with zero attached hydrogens (tertiary/aromatic N) is 1. The molecule has 168 valence electrons. The highest BCUT2D eigenvalue weighted by molar-refractivity contribution is 7.80. The molecule has 2 aromatic heterocycles. The van der Waals surface area contributed by atoms with Crippen LogP contribution in [-0.2, 0) is 4.79 Å². The van der Waals surface area contributed by atoms with Crippen molar-refractivity contribution in [2.75, 3.05) is 11.9 Å². The Bertz CT molecular complexity index is 1340. The molecule has 0 aliphatic carbocycles. The van der Waals surface area contributed by atoms with Crippen LogP contribution < -0.4 is 15.4 Å². The van der Waals surface area contributed by atoms with Gasteiger partial charge in [0, 0.05) is 21.7 Å². The predicted molar refractivity (Wildman–Crippen MR) is 138 cm³/mol. The zero-order chi connectivity index (χ0) is 23.4. The van der Waals surface area contributed by atoms with Crippen LogP contribution in [0, 0.1) is 0 Å². The van der Waals surface area contributed by atoms with Crippen LogP contribution in [0.15, 0.2) is 59.0 Å². The average Bonchev–Trinajstić information content (AvgIpc) is 3.38. The van der Waals surface area contributed by atoms with Crippen molar-refractivity contribution in [3.05, 3.63) is 70.4 Å². The van der Waals surface area contributed by atoms with Crippen LogP contribution in [-0.4, -0.2) is 22.6 Å². The summed E-state index contributed by atoms with van der Waals surface area (Å²) < 4.78 is 12.2. The Morgan fingerprint density at radius 3 is 2.73 bits per heavy atom. The Kier molecular flexibility index (Phi) is 7.29. The average molecular weight is 518 g/mol. The van der Waals surface area contributed by atoms with E-state index >= 15 is 0 Å². The van der Waals surface area contributed by atoms with Crippen molar-refractivity contribution in [1.82, 2.24) is 10.3 Å². The van der Waals surface area contributed by atoms with E-state index in [-0.39, 0.29) is 5.11 Å². The number of amides is 1. The Balaban J connectivity index is 1.35. The number of carbonyl (C=O) groups is 1. The molecule has 0 saturated heterocycles. The normalized spacial score (nSPS) is 11.1. The van der Waals surface area contributed by atoms with Crippen molar-refractivity contribution >= 4 is 79.2 Å². The first-order valence-electron chi connectivity index (χ1n) is 9.79. The number of ether oxygens (including phenoxy) is 1. The number of anilines is 1. The zero-order valence-corrected chi connectivity index (χ0v) is 20.4. The predicted octanol–water partition coefficient (Wildman–Crippen LogP) is 6.79. The molecule has 0 aliphatic heterocycles. The van der Waals surface area contributed by atoms with Crippen LogP contribution in [0.3, 0.4) is 0 Å². The lowest BCUT2D eigenvalue weighted by atomic mass is 10.2. The van der Waals surface area contributed by atoms with E-state index in [0.29, 0.717) is 33.3 Å². The molecule has 4 rings (SSSR count). The molecule has 0 bridgehead atoms. The van der Waals surface area contributed by atoms with Gasteiger partial charge in [-0.2, -0.15) is 0 Å². The van der Waals surface area contributed by atoms with Gasteiger partial charge in [0.15, 0.2) is 10.2 Å². The number of hydrogen-bond donors (Lipinski definition) is 2. The number of thiocarbonyl (C=S) groups is 1. The number of thiazole rings is 1. The zero-order valence-electron chi connectivity index (χ0n) is 17.2. The van der Waals surface area contributed by atoms with Gasteiger partial charge in [0.2, 0.25) is 5.91 Å². The lowest BCUT2D eigenvalue weighted by molar-refractivity contribution is -0.115. The maximum atomic E-state index is 12.2. The molecule has 0 saturated carbocycles. The van der Waals surface area contributed by atoms with E-state index in [1.165, 1.54) is 17.4 Å². The van der Waals surface area contributed by atoms with Gasteiger partial charge in [0.1, 0.15) is 17.3 Å². The molecular weight excluding hydrogens is 501 g/mol. The van der Waals surface area contributed by atoms with Gasteiger partial charge in [0.25, 0.3) is 0 Å². The van der Waals surface area contributed by atoms with Gasteiger partial charge in [-0.25, -0.2) is 4.98 Å². The van der Waals surface area contributed by atoms with Crippen LogP contribution >= 0.6 is 46.8 Å². The van der Waals surface area contributed by atoms with E-state index < -0.39 is 5.91 Å². The van der Waals surface area contributed by atoms with Crippen molar-refractivity contribution in [1.29, 1.82) is 0 Å². The molecule has 6 nitrogen and oxygen atoms in total. The molecule has 0 aliphatic rings. The van der Waals surface area contributed by atoms with Crippen molar-refractivity contribution in [3.8, 4) is 17.1 Å². The molecule has 2 aromatic carbocycles. The van der Waals surface area contributed by atoms with E-state index in [0.717, 1.165) is 21.5 Å². The highest BCUT2D eigenvalue weighted by atomic mass is 35.5. The summed E-state index contributed by atoms with van der Waals surface area (Å²) in [6, 6.07) is 14.3. The third-order valence-electron chi connectivity index (χ3n) is 4.30. The lowest BCUT2D eigenvalue weighted by Crippen LogP contribution is -2.32. The molecule has 2 N–H and O–H groups in total. The molecular formula is C23H17Cl2N3O3S2. The number of aromatic nitrogens is 1. The van der Waals surface area contributed by atoms with Crippen LogP contribution in [0.25, 0.3) is 27.6 Å². The van der Waals surface area contributed by atoms with Crippen molar-refractivity contribution < 1.29 is 13.9 Å². The highest BCUT2D eigenvalue weighted by Gasteiger charge is 2.09. The lowest BCUT2D eigenvalue weighted by Gasteiger charge is -2.04. The molecule has 0 spiro atoms. The molecule has 33 heavy (non-hydrogen) atoms. The summed E-state index contributed by atoms with van der Waals surface area (Å²) in [6.07, 6.45) is 2.87. The SMILES string of the molecule is CCOc1ccc2nc(NC(=S)NC(=O)/C=C/c3ccc(-c4cc(Cl)cc(Cl)c4)o3)sc2c1. The number of nitrogens with one attached hydrogen (secondary N) is 2. The van der Waals surface area contributed by atoms with Gasteiger partial charge in [-0.05, 0) is 73.7 Å². The first-order valence-corrected chi connectivity index (χ1v) is 11.8. The Hall–Kier alpha value is -2.91. The molecule has 0 unspecified atom stereocenters. The minimum Gasteiger partial charge on any atom is -0.494 e. The fraction of sp³-hybridized carbons (Fsp3) is 0.0870. The van der Waals surface area contributed by atoms with Gasteiger partial charge in [0.05, 0.1) is 16.8 Å². The number of hydrogen-bond acceptors (Lipinski definition) is 6. The van der Waals surface area contributed by atoms with Gasteiger partial charge < -0.3 is 14.5 Å². The van der Waals surface area contributed by atoms with Crippen LogP contribution in [0.2, 0.25) is 10.0 Å². The molecule has 4 aromatic rings. The molecule has 1 amide bonds. The summed E-state index contributed by atoms with van der Waals surface area (Å²) in [7, 11) is 0. The highest BCUT2D eigenvalue weighted by Crippen LogP contribution is 2.30. The van der Waals surface area contributed by atoms with E-state index in [4.69, 9.17) is 44.6 Å². The van der Waals surface area contributed by atoms with E-state index in [9.17, 15) is 4.79 Å². The largest absolute Gasteiger partial charge is 0.494 e. The third kappa shape index (κ3) is 6.11. The fourth-order valence-electron chi connectivity index (χ4n) is 2.95. The Labute approximate surface area is 209 Å². The summed E-state index contributed by atoms with van der Waals surface area (Å²) in [6.45, 7) is 2.52. The second-order valence-electron chi connectivity index (χ2n) is 6.72. The van der Waals surface area contributed by atoms with Crippen LogP contribution in [0.1, 0.15) is 12.7 Å². The monoisotopic (exact) mass is 517 g/mol. The minimum atomic E-state index is -0.406. The second kappa shape index (κ2) is 10.4. The maximum absolute atomic E-state index is 12.2. The molecule has 0 atom stereocenters. The van der Waals surface area contributed by atoms with E-state index in [1.807, 2.05) is 25.1 Å².